The van der Waals surface area contributed by atoms with Crippen molar-refractivity contribution in [2.24, 2.45) is 5.73 Å². The van der Waals surface area contributed by atoms with Crippen molar-refractivity contribution >= 4 is 0 Å². The third-order valence-corrected chi connectivity index (χ3v) is 0.470. The molecule has 0 rings (SSSR count). The van der Waals surface area contributed by atoms with Gasteiger partial charge in [0.25, 0.3) is 0 Å². The monoisotopic (exact) mass is 117 g/mol. The third-order valence-electron chi connectivity index (χ3n) is 0.223. The molecule has 0 aromatic heterocycles. The second-order valence-corrected chi connectivity index (χ2v) is 1.000. The van der Waals surface area contributed by atoms with Crippen LogP contribution >= 0.6 is 0 Å². The Morgan fingerprint density at radius 1 is 1.80 bits per heavy atom. The van der Waals surface area contributed by atoms with Crippen LogP contribution in [0, 0.1) is 0 Å². The van der Waals surface area contributed by atoms with Gasteiger partial charge in [-0.25, -0.2) is 0 Å². The maximum absolute atomic E-state index is 5.02. The average Bonchev–Trinajstić information content (AvgIpc) is 1.41. The minimum atomic E-state index is 0.639. The second kappa shape index (κ2) is 4.41. The van der Waals surface area contributed by atoms with Gasteiger partial charge in [0, 0.05) is 0 Å². The number of hydrogen-bond acceptors (Lipinski definition) is 2. The van der Waals surface area contributed by atoms with Gasteiger partial charge in [0.15, 0.2) is 0 Å². The summed E-state index contributed by atoms with van der Waals surface area (Å²) in [6.45, 7) is 1.39. The molecule has 0 aliphatic carbocycles. The van der Waals surface area contributed by atoms with E-state index in [2.05, 4.69) is 20.1 Å². The van der Waals surface area contributed by atoms with Crippen LogP contribution in [0.3, 0.4) is 0 Å². The molecular formula is C2H7N2Ni. The summed E-state index contributed by atoms with van der Waals surface area (Å²) in [5, 5.41) is 0. The van der Waals surface area contributed by atoms with Gasteiger partial charge in [0.05, 0.1) is 0 Å². The molecule has 0 atom stereocenters. The topological polar surface area (TPSA) is 38.0 Å². The zero-order valence-electron chi connectivity index (χ0n) is 2.81. The van der Waals surface area contributed by atoms with E-state index in [1.807, 2.05) is 0 Å². The predicted octanol–water partition coefficient (Wildman–Crippen LogP) is -1.00. The Kier molecular flexibility index (Phi) is 4.78. The van der Waals surface area contributed by atoms with Gasteiger partial charge in [-0.15, -0.1) is 0 Å². The molecule has 0 amide bonds. The van der Waals surface area contributed by atoms with Crippen LogP contribution in [-0.2, 0) is 15.7 Å². The fourth-order valence-electron chi connectivity index (χ4n) is 0.0456. The molecule has 0 bridgehead atoms. The summed E-state index contributed by atoms with van der Waals surface area (Å²) in [6.07, 6.45) is 0. The second-order valence-electron chi connectivity index (χ2n) is 0.650. The standard InChI is InChI=1S/C2H7N2.Ni/c3-1-2-4;/h3H,1-2,4H2;/q-1;+1. The van der Waals surface area contributed by atoms with E-state index in [0.717, 1.165) is 6.54 Å². The zero-order valence-corrected chi connectivity index (χ0v) is 3.80. The Morgan fingerprint density at radius 2 is 2.40 bits per heavy atom. The van der Waals surface area contributed by atoms with Gasteiger partial charge in [-0.05, 0) is 0 Å². The van der Waals surface area contributed by atoms with Crippen LogP contribution in [0.1, 0.15) is 0 Å². The molecule has 0 fully saturated rings. The Balaban J connectivity index is 2.19. The molecule has 0 aliphatic rings. The first-order valence-electron chi connectivity index (χ1n) is 1.42. The summed E-state index contributed by atoms with van der Waals surface area (Å²) in [7, 11) is 0. The molecule has 0 saturated heterocycles. The van der Waals surface area contributed by atoms with Crippen LogP contribution < -0.4 is 10.1 Å². The van der Waals surface area contributed by atoms with Crippen molar-refractivity contribution in [2.75, 3.05) is 13.1 Å². The van der Waals surface area contributed by atoms with Gasteiger partial charge in [0.1, 0.15) is 0 Å². The van der Waals surface area contributed by atoms with Crippen molar-refractivity contribution < 1.29 is 15.7 Å². The summed E-state index contributed by atoms with van der Waals surface area (Å²) >= 11 is 4.08. The fraction of sp³-hybridized carbons (Fsp3) is 1.00. The Morgan fingerprint density at radius 3 is 2.40 bits per heavy atom. The van der Waals surface area contributed by atoms with E-state index < -0.39 is 0 Å². The Bertz CT molecular complexity index is 15.1. The third kappa shape index (κ3) is 4.41. The van der Waals surface area contributed by atoms with Gasteiger partial charge in [-0.2, -0.15) is 0 Å². The van der Waals surface area contributed by atoms with E-state index in [4.69, 9.17) is 5.73 Å². The molecule has 0 aliphatic heterocycles. The molecule has 3 N–H and O–H groups in total. The average molecular weight is 118 g/mol. The minimum absolute atomic E-state index is 0.639. The molecular weight excluding hydrogens is 111 g/mol. The molecule has 0 spiro atoms. The van der Waals surface area contributed by atoms with Gasteiger partial charge >= 0.3 is 38.9 Å². The van der Waals surface area contributed by atoms with Crippen LogP contribution in [0.5, 0.6) is 0 Å². The van der Waals surface area contributed by atoms with Gasteiger partial charge in [0.2, 0.25) is 0 Å². The van der Waals surface area contributed by atoms with Crippen molar-refractivity contribution in [1.82, 2.24) is 4.40 Å². The molecule has 0 saturated carbocycles. The molecule has 0 radical (unpaired) electrons. The first-order valence-corrected chi connectivity index (χ1v) is 1.91. The number of rotatable bonds is 2. The Hall–Kier alpha value is 0.414. The summed E-state index contributed by atoms with van der Waals surface area (Å²) < 4.78 is 2.52. The molecule has 0 aromatic rings. The van der Waals surface area contributed by atoms with E-state index in [9.17, 15) is 0 Å². The Labute approximate surface area is 39.7 Å². The quantitative estimate of drug-likeness (QED) is 0.456. The van der Waals surface area contributed by atoms with Crippen molar-refractivity contribution in [3.8, 4) is 0 Å². The predicted molar refractivity (Wildman–Crippen MR) is 17.1 cm³/mol. The van der Waals surface area contributed by atoms with E-state index >= 15 is 0 Å². The number of hydrogen-bond donors (Lipinski definition) is 2. The number of nitrogens with two attached hydrogens (primary N) is 1. The van der Waals surface area contributed by atoms with Crippen LogP contribution in [0.15, 0.2) is 0 Å². The zero-order chi connectivity index (χ0) is 4.12. The van der Waals surface area contributed by atoms with E-state index in [1.54, 1.807) is 0 Å². The van der Waals surface area contributed by atoms with Crippen LogP contribution in [-0.4, -0.2) is 13.1 Å². The van der Waals surface area contributed by atoms with E-state index in [1.165, 1.54) is 0 Å². The van der Waals surface area contributed by atoms with Crippen molar-refractivity contribution in [1.29, 1.82) is 0 Å². The van der Waals surface area contributed by atoms with Gasteiger partial charge in [-0.3, -0.25) is 0 Å². The van der Waals surface area contributed by atoms with E-state index in [-0.39, 0.29) is 0 Å². The van der Waals surface area contributed by atoms with Crippen LogP contribution in [0.2, 0.25) is 0 Å². The SMILES string of the molecule is NCC[NH][Ni]. The molecule has 3 heteroatoms. The van der Waals surface area contributed by atoms with E-state index in [0.29, 0.717) is 6.54 Å². The molecule has 2 nitrogen and oxygen atoms in total. The summed E-state index contributed by atoms with van der Waals surface area (Å²) in [6, 6.07) is 0. The molecule has 35 valence electrons. The summed E-state index contributed by atoms with van der Waals surface area (Å²) in [5.41, 5.74) is 5.02. The maximum atomic E-state index is 5.02. The van der Waals surface area contributed by atoms with Crippen molar-refractivity contribution in [3.63, 3.8) is 0 Å². The molecule has 0 heterocycles. The van der Waals surface area contributed by atoms with Crippen LogP contribution in [0.4, 0.5) is 0 Å². The first-order chi connectivity index (χ1) is 2.41. The van der Waals surface area contributed by atoms with Crippen molar-refractivity contribution in [3.05, 3.63) is 0 Å². The number of nitrogens with one attached hydrogen (secondary N) is 1. The first kappa shape index (κ1) is 5.41. The molecule has 0 aromatic carbocycles. The van der Waals surface area contributed by atoms with Gasteiger partial charge in [-0.1, -0.05) is 0 Å². The summed E-state index contributed by atoms with van der Waals surface area (Å²) in [5.74, 6) is 0. The molecule has 0 unspecified atom stereocenters. The van der Waals surface area contributed by atoms with Gasteiger partial charge < -0.3 is 0 Å². The normalized spacial score (nSPS) is 8.60. The summed E-state index contributed by atoms with van der Waals surface area (Å²) in [4.78, 5) is 0. The van der Waals surface area contributed by atoms with Crippen molar-refractivity contribution in [2.45, 2.75) is 0 Å². The van der Waals surface area contributed by atoms with Crippen LogP contribution in [0.25, 0.3) is 0 Å². The fourth-order valence-corrected chi connectivity index (χ4v) is 0.188. The molecule has 5 heavy (non-hydrogen) atoms.